The maximum absolute atomic E-state index is 12.8. The van der Waals surface area contributed by atoms with Crippen LogP contribution in [0.3, 0.4) is 0 Å². The van der Waals surface area contributed by atoms with Gasteiger partial charge in [-0.1, -0.05) is 67.8 Å². The summed E-state index contributed by atoms with van der Waals surface area (Å²) >= 11 is 0. The van der Waals surface area contributed by atoms with E-state index in [0.717, 1.165) is 23.4 Å². The van der Waals surface area contributed by atoms with E-state index in [4.69, 9.17) is 5.73 Å². The summed E-state index contributed by atoms with van der Waals surface area (Å²) < 4.78 is 0. The molecule has 2 aromatic rings. The molecule has 0 aliphatic heterocycles. The van der Waals surface area contributed by atoms with Gasteiger partial charge in [0.05, 0.1) is 12.5 Å². The van der Waals surface area contributed by atoms with Gasteiger partial charge in [0.15, 0.2) is 0 Å². The molecule has 0 saturated heterocycles. The molecule has 1 fully saturated rings. The van der Waals surface area contributed by atoms with E-state index in [1.807, 2.05) is 48.5 Å². The molecule has 1 aliphatic carbocycles. The van der Waals surface area contributed by atoms with Gasteiger partial charge in [0.25, 0.3) is 0 Å². The maximum Gasteiger partial charge on any atom is 0.312 e. The summed E-state index contributed by atoms with van der Waals surface area (Å²) in [5.41, 5.74) is 8.08. The molecule has 30 heavy (non-hydrogen) atoms. The van der Waals surface area contributed by atoms with Crippen molar-refractivity contribution >= 4 is 17.6 Å². The van der Waals surface area contributed by atoms with Crippen LogP contribution in [0.2, 0.25) is 0 Å². The van der Waals surface area contributed by atoms with Crippen LogP contribution in [0.5, 0.6) is 0 Å². The van der Waals surface area contributed by atoms with Crippen LogP contribution in [-0.2, 0) is 11.3 Å². The number of nitrogens with zero attached hydrogens (tertiary/aromatic N) is 1. The quantitative estimate of drug-likeness (QED) is 0.612. The van der Waals surface area contributed by atoms with Crippen molar-refractivity contribution < 1.29 is 9.59 Å². The van der Waals surface area contributed by atoms with Crippen LogP contribution in [0.15, 0.2) is 54.6 Å². The Hall–Kier alpha value is -2.86. The van der Waals surface area contributed by atoms with Crippen molar-refractivity contribution in [3.63, 3.8) is 0 Å². The molecule has 4 N–H and O–H groups in total. The van der Waals surface area contributed by atoms with Crippen LogP contribution >= 0.6 is 0 Å². The zero-order valence-corrected chi connectivity index (χ0v) is 17.6. The Morgan fingerprint density at radius 2 is 1.70 bits per heavy atom. The lowest BCUT2D eigenvalue weighted by molar-refractivity contribution is -0.116. The van der Waals surface area contributed by atoms with Crippen molar-refractivity contribution in [3.8, 4) is 0 Å². The molecule has 0 aromatic heterocycles. The summed E-state index contributed by atoms with van der Waals surface area (Å²) in [6.45, 7) is 0.794. The molecule has 0 spiro atoms. The normalized spacial score (nSPS) is 15.5. The summed E-state index contributed by atoms with van der Waals surface area (Å²) in [5, 5.41) is 5.71. The van der Waals surface area contributed by atoms with E-state index in [1.165, 1.54) is 32.1 Å². The third-order valence-corrected chi connectivity index (χ3v) is 5.82. The Labute approximate surface area is 178 Å². The van der Waals surface area contributed by atoms with Crippen LogP contribution < -0.4 is 16.4 Å². The predicted molar refractivity (Wildman–Crippen MR) is 120 cm³/mol. The number of benzene rings is 2. The Morgan fingerprint density at radius 3 is 2.40 bits per heavy atom. The van der Waals surface area contributed by atoms with Crippen LogP contribution in [0, 0.1) is 0 Å². The first-order chi connectivity index (χ1) is 14.5. The van der Waals surface area contributed by atoms with E-state index in [1.54, 1.807) is 0 Å². The van der Waals surface area contributed by atoms with Crippen molar-refractivity contribution in [1.29, 1.82) is 0 Å². The monoisotopic (exact) mass is 408 g/mol. The van der Waals surface area contributed by atoms with Gasteiger partial charge < -0.3 is 16.4 Å². The van der Waals surface area contributed by atoms with Gasteiger partial charge in [-0.15, -0.1) is 0 Å². The minimum atomic E-state index is -0.647. The topological polar surface area (TPSA) is 87.5 Å². The molecular weight excluding hydrogens is 376 g/mol. The fourth-order valence-electron chi connectivity index (χ4n) is 4.20. The number of urea groups is 1. The van der Waals surface area contributed by atoms with Crippen LogP contribution in [0.4, 0.5) is 10.5 Å². The highest BCUT2D eigenvalue weighted by molar-refractivity contribution is 5.92. The number of nitrogens with two attached hydrogens (primary N) is 1. The average Bonchev–Trinajstić information content (AvgIpc) is 2.75. The van der Waals surface area contributed by atoms with Crippen molar-refractivity contribution in [2.45, 2.75) is 57.2 Å². The van der Waals surface area contributed by atoms with E-state index in [2.05, 4.69) is 28.6 Å². The van der Waals surface area contributed by atoms with E-state index < -0.39 is 12.1 Å². The van der Waals surface area contributed by atoms with Gasteiger partial charge in [0.2, 0.25) is 5.91 Å². The highest BCUT2D eigenvalue weighted by Crippen LogP contribution is 2.25. The third kappa shape index (κ3) is 6.32. The first-order valence-corrected chi connectivity index (χ1v) is 10.7. The molecule has 0 bridgehead atoms. The number of amides is 3. The molecule has 2 aromatic carbocycles. The number of carbonyl (C=O) groups is 2. The van der Waals surface area contributed by atoms with E-state index >= 15 is 0 Å². The first kappa shape index (κ1) is 21.8. The molecule has 1 saturated carbocycles. The minimum absolute atomic E-state index is 0.111. The molecule has 0 heterocycles. The number of primary amides is 1. The largest absolute Gasteiger partial charge is 0.352 e. The third-order valence-electron chi connectivity index (χ3n) is 5.82. The van der Waals surface area contributed by atoms with Crippen molar-refractivity contribution in [1.82, 2.24) is 10.2 Å². The van der Waals surface area contributed by atoms with E-state index in [0.29, 0.717) is 6.04 Å². The summed E-state index contributed by atoms with van der Waals surface area (Å²) in [6.07, 6.45) is 6.51. The number of para-hydroxylation sites is 1. The second kappa shape index (κ2) is 10.8. The molecule has 6 nitrogen and oxygen atoms in total. The molecular formula is C24H32N4O2. The Balaban J connectivity index is 1.66. The zero-order valence-electron chi connectivity index (χ0n) is 17.6. The van der Waals surface area contributed by atoms with E-state index in [9.17, 15) is 9.59 Å². The number of hydrogen-bond donors (Lipinski definition) is 3. The summed E-state index contributed by atoms with van der Waals surface area (Å²) in [6, 6.07) is 16.8. The van der Waals surface area contributed by atoms with Crippen LogP contribution in [0.25, 0.3) is 0 Å². The van der Waals surface area contributed by atoms with Gasteiger partial charge in [-0.25, -0.2) is 4.79 Å². The van der Waals surface area contributed by atoms with Crippen molar-refractivity contribution in [2.24, 2.45) is 5.73 Å². The fraction of sp³-hybridized carbons (Fsp3) is 0.417. The lowest BCUT2D eigenvalue weighted by Crippen LogP contribution is -2.35. The minimum Gasteiger partial charge on any atom is -0.352 e. The molecule has 3 rings (SSSR count). The molecule has 160 valence electrons. The van der Waals surface area contributed by atoms with Gasteiger partial charge in [0, 0.05) is 18.3 Å². The van der Waals surface area contributed by atoms with Gasteiger partial charge >= 0.3 is 6.03 Å². The standard InChI is InChI=1S/C24H32N4O2/c1-28(20-13-6-3-7-14-20)17-19-12-8-9-15-21(19)26-23(29)16-22(27-24(25)30)18-10-4-2-5-11-18/h2,4-5,8-12,15,20,22H,3,6-7,13-14,16-17H2,1H3,(H,26,29)(H3,25,27,30)/t22-/m0/s1. The number of hydrogen-bond acceptors (Lipinski definition) is 3. The lowest BCUT2D eigenvalue weighted by Gasteiger charge is -2.31. The molecule has 3 amide bonds. The number of rotatable bonds is 8. The smallest absolute Gasteiger partial charge is 0.312 e. The van der Waals surface area contributed by atoms with Gasteiger partial charge in [-0.3, -0.25) is 9.69 Å². The number of anilines is 1. The molecule has 0 radical (unpaired) electrons. The Kier molecular flexibility index (Phi) is 7.85. The Bertz CT molecular complexity index is 834. The second-order valence-electron chi connectivity index (χ2n) is 8.09. The van der Waals surface area contributed by atoms with Crippen LogP contribution in [-0.4, -0.2) is 29.9 Å². The summed E-state index contributed by atoms with van der Waals surface area (Å²) in [7, 11) is 2.16. The summed E-state index contributed by atoms with van der Waals surface area (Å²) in [4.78, 5) is 26.6. The van der Waals surface area contributed by atoms with Gasteiger partial charge in [-0.05, 0) is 37.1 Å². The molecule has 6 heteroatoms. The average molecular weight is 409 g/mol. The fourth-order valence-corrected chi connectivity index (χ4v) is 4.20. The summed E-state index contributed by atoms with van der Waals surface area (Å²) in [5.74, 6) is -0.162. The highest BCUT2D eigenvalue weighted by atomic mass is 16.2. The second-order valence-corrected chi connectivity index (χ2v) is 8.09. The highest BCUT2D eigenvalue weighted by Gasteiger charge is 2.20. The molecule has 1 aliphatic rings. The number of carbonyl (C=O) groups excluding carboxylic acids is 2. The first-order valence-electron chi connectivity index (χ1n) is 10.7. The van der Waals surface area contributed by atoms with Gasteiger partial charge in [-0.2, -0.15) is 0 Å². The van der Waals surface area contributed by atoms with Gasteiger partial charge in [0.1, 0.15) is 0 Å². The van der Waals surface area contributed by atoms with E-state index in [-0.39, 0.29) is 12.3 Å². The van der Waals surface area contributed by atoms with Crippen molar-refractivity contribution in [3.05, 3.63) is 65.7 Å². The number of nitrogens with one attached hydrogen (secondary N) is 2. The van der Waals surface area contributed by atoms with Crippen molar-refractivity contribution in [2.75, 3.05) is 12.4 Å². The SMILES string of the molecule is CN(Cc1ccccc1NC(=O)C[C@H](NC(N)=O)c1ccccc1)C1CCCCC1. The predicted octanol–water partition coefficient (Wildman–Crippen LogP) is 4.19. The lowest BCUT2D eigenvalue weighted by atomic mass is 9.94. The zero-order chi connectivity index (χ0) is 21.3. The maximum atomic E-state index is 12.8. The molecule has 0 unspecified atom stereocenters. The Morgan fingerprint density at radius 1 is 1.03 bits per heavy atom. The van der Waals surface area contributed by atoms with Crippen LogP contribution in [0.1, 0.15) is 55.7 Å². The molecule has 1 atom stereocenters.